The van der Waals surface area contributed by atoms with Crippen LogP contribution in [0.25, 0.3) is 0 Å². The zero-order valence-electron chi connectivity index (χ0n) is 16.3. The Balaban J connectivity index is 1.25. The van der Waals surface area contributed by atoms with Crippen LogP contribution in [0, 0.1) is 5.92 Å². The lowest BCUT2D eigenvalue weighted by atomic mass is 9.81. The fourth-order valence-corrected chi connectivity index (χ4v) is 4.63. The summed E-state index contributed by atoms with van der Waals surface area (Å²) >= 11 is 0. The predicted molar refractivity (Wildman–Crippen MR) is 106 cm³/mol. The molecule has 0 aliphatic carbocycles. The summed E-state index contributed by atoms with van der Waals surface area (Å²) in [7, 11) is 0. The molecule has 152 valence electrons. The summed E-state index contributed by atoms with van der Waals surface area (Å²) in [6.07, 6.45) is 7.87. The SMILES string of the molecule is c1coc(Cn2nnnc2CN2CCCC(C3NNCC3c3ccncc3)C2)c1. The van der Waals surface area contributed by atoms with Gasteiger partial charge in [0.05, 0.1) is 12.8 Å². The minimum atomic E-state index is 0.416. The van der Waals surface area contributed by atoms with Gasteiger partial charge in [-0.15, -0.1) is 5.10 Å². The molecule has 2 aliphatic heterocycles. The van der Waals surface area contributed by atoms with Gasteiger partial charge >= 0.3 is 0 Å². The van der Waals surface area contributed by atoms with Gasteiger partial charge in [0.25, 0.3) is 0 Å². The number of pyridine rings is 1. The molecule has 2 aliphatic rings. The molecule has 3 atom stereocenters. The van der Waals surface area contributed by atoms with E-state index in [4.69, 9.17) is 4.42 Å². The summed E-state index contributed by atoms with van der Waals surface area (Å²) in [6.45, 7) is 4.38. The van der Waals surface area contributed by atoms with Crippen molar-refractivity contribution in [2.24, 2.45) is 5.92 Å². The van der Waals surface area contributed by atoms with Crippen LogP contribution in [0.3, 0.4) is 0 Å². The molecule has 2 fully saturated rings. The van der Waals surface area contributed by atoms with Crippen molar-refractivity contribution in [2.45, 2.75) is 37.9 Å². The zero-order valence-corrected chi connectivity index (χ0v) is 16.3. The lowest BCUT2D eigenvalue weighted by molar-refractivity contribution is 0.135. The van der Waals surface area contributed by atoms with E-state index in [2.05, 4.69) is 48.4 Å². The molecule has 0 saturated carbocycles. The summed E-state index contributed by atoms with van der Waals surface area (Å²) in [5, 5.41) is 12.3. The smallest absolute Gasteiger partial charge is 0.165 e. The Morgan fingerprint density at radius 2 is 2.10 bits per heavy atom. The average molecular weight is 394 g/mol. The van der Waals surface area contributed by atoms with Crippen molar-refractivity contribution in [3.8, 4) is 0 Å². The number of rotatable bonds is 6. The van der Waals surface area contributed by atoms with E-state index >= 15 is 0 Å². The summed E-state index contributed by atoms with van der Waals surface area (Å²) in [5.74, 6) is 2.78. The topological polar surface area (TPSA) is 96.9 Å². The molecule has 5 rings (SSSR count). The fourth-order valence-electron chi connectivity index (χ4n) is 4.63. The summed E-state index contributed by atoms with van der Waals surface area (Å²) in [6, 6.07) is 8.52. The summed E-state index contributed by atoms with van der Waals surface area (Å²) < 4.78 is 7.27. The van der Waals surface area contributed by atoms with Crippen LogP contribution >= 0.6 is 0 Å². The maximum Gasteiger partial charge on any atom is 0.165 e. The second-order valence-corrected chi connectivity index (χ2v) is 7.91. The fraction of sp³-hybridized carbons (Fsp3) is 0.500. The van der Waals surface area contributed by atoms with Crippen molar-refractivity contribution < 1.29 is 4.42 Å². The third-order valence-corrected chi connectivity index (χ3v) is 6.07. The van der Waals surface area contributed by atoms with Gasteiger partial charge < -0.3 is 4.42 Å². The van der Waals surface area contributed by atoms with E-state index in [1.807, 2.05) is 29.2 Å². The summed E-state index contributed by atoms with van der Waals surface area (Å²) in [5.41, 5.74) is 8.27. The van der Waals surface area contributed by atoms with Crippen molar-refractivity contribution >= 4 is 0 Å². The van der Waals surface area contributed by atoms with Crippen molar-refractivity contribution in [3.63, 3.8) is 0 Å². The van der Waals surface area contributed by atoms with Gasteiger partial charge in [-0.25, -0.2) is 4.68 Å². The quantitative estimate of drug-likeness (QED) is 0.643. The Morgan fingerprint density at radius 1 is 1.17 bits per heavy atom. The second kappa shape index (κ2) is 8.40. The molecule has 0 spiro atoms. The Bertz CT molecular complexity index is 896. The Kier molecular flexibility index (Phi) is 5.33. The zero-order chi connectivity index (χ0) is 19.5. The molecule has 0 radical (unpaired) electrons. The number of tetrazole rings is 1. The van der Waals surface area contributed by atoms with Crippen molar-refractivity contribution in [1.82, 2.24) is 40.9 Å². The molecule has 9 nitrogen and oxygen atoms in total. The van der Waals surface area contributed by atoms with Crippen molar-refractivity contribution in [2.75, 3.05) is 19.6 Å². The van der Waals surface area contributed by atoms with Crippen LogP contribution in [-0.2, 0) is 13.1 Å². The van der Waals surface area contributed by atoms with Crippen molar-refractivity contribution in [3.05, 3.63) is 60.1 Å². The highest BCUT2D eigenvalue weighted by Gasteiger charge is 2.36. The van der Waals surface area contributed by atoms with Crippen LogP contribution < -0.4 is 10.9 Å². The maximum atomic E-state index is 5.44. The molecule has 3 aromatic heterocycles. The molecule has 0 aromatic carbocycles. The van der Waals surface area contributed by atoms with Gasteiger partial charge in [0.1, 0.15) is 12.3 Å². The Morgan fingerprint density at radius 3 is 2.97 bits per heavy atom. The predicted octanol–water partition coefficient (Wildman–Crippen LogP) is 1.18. The number of nitrogens with one attached hydrogen (secondary N) is 2. The molecule has 2 N–H and O–H groups in total. The molecule has 0 amide bonds. The molecule has 2 saturated heterocycles. The van der Waals surface area contributed by atoms with Gasteiger partial charge in [-0.1, -0.05) is 0 Å². The van der Waals surface area contributed by atoms with Gasteiger partial charge in [0.15, 0.2) is 5.82 Å². The first-order valence-electron chi connectivity index (χ1n) is 10.2. The lowest BCUT2D eigenvalue weighted by Crippen LogP contribution is -2.46. The van der Waals surface area contributed by atoms with Crippen LogP contribution in [0.4, 0.5) is 0 Å². The number of piperidine rings is 1. The van der Waals surface area contributed by atoms with Gasteiger partial charge in [0, 0.05) is 37.4 Å². The number of furan rings is 1. The molecule has 9 heteroatoms. The molecular weight excluding hydrogens is 368 g/mol. The third kappa shape index (κ3) is 4.07. The first-order valence-corrected chi connectivity index (χ1v) is 10.2. The number of hydrazine groups is 1. The maximum absolute atomic E-state index is 5.44. The standard InChI is InChI=1S/C20H26N8O/c1-3-16(20-18(11-22-24-20)15-5-7-21-8-6-15)12-27(9-1)14-19-23-25-26-28(19)13-17-4-2-10-29-17/h2,4-8,10,16,18,20,22,24H,1,3,9,11-14H2. The van der Waals surface area contributed by atoms with Crippen LogP contribution in [0.2, 0.25) is 0 Å². The number of hydrogen-bond acceptors (Lipinski definition) is 8. The van der Waals surface area contributed by atoms with E-state index in [1.54, 1.807) is 6.26 Å². The van der Waals surface area contributed by atoms with E-state index in [0.717, 1.165) is 37.8 Å². The van der Waals surface area contributed by atoms with E-state index in [-0.39, 0.29) is 0 Å². The number of likely N-dealkylation sites (tertiary alicyclic amines) is 1. The number of hydrogen-bond donors (Lipinski definition) is 2. The largest absolute Gasteiger partial charge is 0.467 e. The highest BCUT2D eigenvalue weighted by atomic mass is 16.3. The van der Waals surface area contributed by atoms with Gasteiger partial charge in [-0.05, 0) is 65.6 Å². The normalized spacial score (nSPS) is 25.4. The highest BCUT2D eigenvalue weighted by Crippen LogP contribution is 2.31. The van der Waals surface area contributed by atoms with E-state index in [0.29, 0.717) is 24.4 Å². The van der Waals surface area contributed by atoms with Crippen LogP contribution in [0.1, 0.15) is 35.9 Å². The van der Waals surface area contributed by atoms with Gasteiger partial charge in [-0.3, -0.25) is 20.7 Å². The monoisotopic (exact) mass is 394 g/mol. The third-order valence-electron chi connectivity index (χ3n) is 6.07. The van der Waals surface area contributed by atoms with Gasteiger partial charge in [-0.2, -0.15) is 0 Å². The first kappa shape index (κ1) is 18.4. The Labute approximate surface area is 169 Å². The molecule has 3 unspecified atom stereocenters. The first-order chi connectivity index (χ1) is 14.4. The van der Waals surface area contributed by atoms with E-state index in [9.17, 15) is 0 Å². The highest BCUT2D eigenvalue weighted by molar-refractivity contribution is 5.21. The molecule has 29 heavy (non-hydrogen) atoms. The summed E-state index contributed by atoms with van der Waals surface area (Å²) in [4.78, 5) is 6.64. The molecule has 5 heterocycles. The van der Waals surface area contributed by atoms with Crippen LogP contribution in [0.5, 0.6) is 0 Å². The molecule has 3 aromatic rings. The van der Waals surface area contributed by atoms with E-state index in [1.165, 1.54) is 18.4 Å². The minimum Gasteiger partial charge on any atom is -0.467 e. The van der Waals surface area contributed by atoms with Crippen LogP contribution in [-0.4, -0.2) is 55.8 Å². The molecular formula is C20H26N8O. The van der Waals surface area contributed by atoms with E-state index < -0.39 is 0 Å². The van der Waals surface area contributed by atoms with Gasteiger partial charge in [0.2, 0.25) is 0 Å². The van der Waals surface area contributed by atoms with Crippen LogP contribution in [0.15, 0.2) is 47.3 Å². The lowest BCUT2D eigenvalue weighted by Gasteiger charge is -2.37. The minimum absolute atomic E-state index is 0.416. The number of aromatic nitrogens is 5. The molecule has 0 bridgehead atoms. The Hall–Kier alpha value is -2.62. The number of nitrogens with zero attached hydrogens (tertiary/aromatic N) is 6. The van der Waals surface area contributed by atoms with Crippen molar-refractivity contribution in [1.29, 1.82) is 0 Å². The average Bonchev–Trinajstić information content (AvgIpc) is 3.52. The second-order valence-electron chi connectivity index (χ2n) is 7.91.